The van der Waals surface area contributed by atoms with Gasteiger partial charge in [0.05, 0.1) is 6.10 Å². The molecule has 1 unspecified atom stereocenters. The molecular weight excluding hydrogens is 203 g/mol. The minimum absolute atomic E-state index is 0. The average molecular weight is 217 g/mol. The number of hydrogen-bond donors (Lipinski definition) is 1. The Morgan fingerprint density at radius 2 is 2.20 bits per heavy atom. The molecule has 1 rings (SSSR count). The van der Waals surface area contributed by atoms with Gasteiger partial charge in [0.25, 0.3) is 0 Å². The summed E-state index contributed by atoms with van der Waals surface area (Å²) in [5, 5.41) is 8.94. The first kappa shape index (κ1) is 13.0. The number of aliphatic hydroxyl groups excluding tert-OH is 1. The first-order chi connectivity index (χ1) is 3.80. The third kappa shape index (κ3) is 3.48. The third-order valence-electron chi connectivity index (χ3n) is 1.34. The van der Waals surface area contributed by atoms with Gasteiger partial charge in [-0.05, 0) is 18.9 Å². The van der Waals surface area contributed by atoms with E-state index >= 15 is 0 Å². The predicted octanol–water partition coefficient (Wildman–Crippen LogP) is 1.89. The Bertz CT molecular complexity index is 136. The van der Waals surface area contributed by atoms with Crippen LogP contribution in [-0.4, -0.2) is 11.2 Å². The summed E-state index contributed by atoms with van der Waals surface area (Å²) in [6.07, 6.45) is 6.65. The molecule has 1 aliphatic rings. The van der Waals surface area contributed by atoms with Gasteiger partial charge >= 0.3 is 0 Å². The standard InChI is InChI=1S/C7H10O.CH4.Zr/c1-6(8)7-4-2-3-5-7;;/h2-4,6,8H,5H2,1H3;1H4;. The molecule has 1 N–H and O–H groups in total. The van der Waals surface area contributed by atoms with Crippen LogP contribution in [0, 0.1) is 0 Å². The molecule has 0 amide bonds. The van der Waals surface area contributed by atoms with Gasteiger partial charge in [0.1, 0.15) is 0 Å². The molecule has 0 saturated carbocycles. The van der Waals surface area contributed by atoms with Crippen molar-refractivity contribution in [3.8, 4) is 0 Å². The van der Waals surface area contributed by atoms with Gasteiger partial charge in [-0.3, -0.25) is 0 Å². The van der Waals surface area contributed by atoms with E-state index in [1.165, 1.54) is 0 Å². The first-order valence-electron chi connectivity index (χ1n) is 2.84. The summed E-state index contributed by atoms with van der Waals surface area (Å²) in [5.74, 6) is 0. The van der Waals surface area contributed by atoms with Gasteiger partial charge < -0.3 is 5.11 Å². The van der Waals surface area contributed by atoms with E-state index in [2.05, 4.69) is 0 Å². The van der Waals surface area contributed by atoms with Crippen molar-refractivity contribution in [2.45, 2.75) is 26.9 Å². The maximum atomic E-state index is 8.94. The first-order valence-corrected chi connectivity index (χ1v) is 2.84. The van der Waals surface area contributed by atoms with Crippen LogP contribution in [-0.2, 0) is 26.2 Å². The summed E-state index contributed by atoms with van der Waals surface area (Å²) in [6, 6.07) is 0. The molecular formula is C8H14OZr. The van der Waals surface area contributed by atoms with Crippen LogP contribution in [0.1, 0.15) is 20.8 Å². The summed E-state index contributed by atoms with van der Waals surface area (Å²) < 4.78 is 0. The zero-order chi connectivity index (χ0) is 5.98. The number of allylic oxidation sites excluding steroid dienone is 3. The Morgan fingerprint density at radius 1 is 1.60 bits per heavy atom. The van der Waals surface area contributed by atoms with Gasteiger partial charge in [-0.25, -0.2) is 0 Å². The third-order valence-corrected chi connectivity index (χ3v) is 1.34. The van der Waals surface area contributed by atoms with Crippen molar-refractivity contribution in [2.75, 3.05) is 0 Å². The molecule has 0 aromatic rings. The Morgan fingerprint density at radius 3 is 2.40 bits per heavy atom. The fraction of sp³-hybridized carbons (Fsp3) is 0.500. The van der Waals surface area contributed by atoms with Crippen molar-refractivity contribution in [3.63, 3.8) is 0 Å². The molecule has 1 aliphatic carbocycles. The van der Waals surface area contributed by atoms with Gasteiger partial charge in [-0.15, -0.1) is 0 Å². The molecule has 0 aromatic heterocycles. The van der Waals surface area contributed by atoms with E-state index in [0.717, 1.165) is 12.0 Å². The number of rotatable bonds is 1. The molecule has 0 aromatic carbocycles. The quantitative estimate of drug-likeness (QED) is 0.711. The number of hydrogen-bond acceptors (Lipinski definition) is 1. The van der Waals surface area contributed by atoms with Crippen molar-refractivity contribution in [2.24, 2.45) is 0 Å². The Kier molecular flexibility index (Phi) is 7.85. The van der Waals surface area contributed by atoms with E-state index in [1.807, 2.05) is 18.2 Å². The van der Waals surface area contributed by atoms with Crippen LogP contribution in [0.5, 0.6) is 0 Å². The van der Waals surface area contributed by atoms with E-state index in [0.29, 0.717) is 0 Å². The van der Waals surface area contributed by atoms with Gasteiger partial charge in [0, 0.05) is 26.2 Å². The summed E-state index contributed by atoms with van der Waals surface area (Å²) >= 11 is 0. The topological polar surface area (TPSA) is 20.2 Å². The normalized spacial score (nSPS) is 16.8. The molecule has 1 atom stereocenters. The zero-order valence-corrected chi connectivity index (χ0v) is 7.92. The van der Waals surface area contributed by atoms with Crippen LogP contribution in [0.25, 0.3) is 0 Å². The maximum Gasteiger partial charge on any atom is 0.0728 e. The van der Waals surface area contributed by atoms with E-state index in [-0.39, 0.29) is 39.7 Å². The second-order valence-electron chi connectivity index (χ2n) is 2.05. The van der Waals surface area contributed by atoms with E-state index < -0.39 is 0 Å². The molecule has 0 aliphatic heterocycles. The molecule has 56 valence electrons. The maximum absolute atomic E-state index is 8.94. The zero-order valence-electron chi connectivity index (χ0n) is 5.46. The van der Waals surface area contributed by atoms with Crippen molar-refractivity contribution in [1.29, 1.82) is 0 Å². The van der Waals surface area contributed by atoms with E-state index in [9.17, 15) is 0 Å². The van der Waals surface area contributed by atoms with Crippen molar-refractivity contribution >= 4 is 0 Å². The second-order valence-corrected chi connectivity index (χ2v) is 2.05. The molecule has 2 heteroatoms. The van der Waals surface area contributed by atoms with Crippen molar-refractivity contribution in [3.05, 3.63) is 23.8 Å². The fourth-order valence-electron chi connectivity index (χ4n) is 0.774. The molecule has 0 spiro atoms. The van der Waals surface area contributed by atoms with Crippen molar-refractivity contribution in [1.82, 2.24) is 0 Å². The molecule has 0 saturated heterocycles. The summed E-state index contributed by atoms with van der Waals surface area (Å²) in [6.45, 7) is 1.79. The van der Waals surface area contributed by atoms with Crippen LogP contribution in [0.4, 0.5) is 0 Å². The van der Waals surface area contributed by atoms with E-state index in [4.69, 9.17) is 5.11 Å². The van der Waals surface area contributed by atoms with Crippen LogP contribution >= 0.6 is 0 Å². The van der Waals surface area contributed by atoms with Crippen LogP contribution in [0.15, 0.2) is 23.8 Å². The Balaban J connectivity index is 0. The van der Waals surface area contributed by atoms with Gasteiger partial charge in [0.15, 0.2) is 0 Å². The van der Waals surface area contributed by atoms with Gasteiger partial charge in [-0.2, -0.15) is 0 Å². The largest absolute Gasteiger partial charge is 0.389 e. The van der Waals surface area contributed by atoms with Crippen LogP contribution < -0.4 is 0 Å². The second kappa shape index (κ2) is 6.06. The number of aliphatic hydroxyl groups is 1. The fourth-order valence-corrected chi connectivity index (χ4v) is 0.774. The summed E-state index contributed by atoms with van der Waals surface area (Å²) in [5.41, 5.74) is 1.12. The smallest absolute Gasteiger partial charge is 0.0728 e. The average Bonchev–Trinajstić information content (AvgIpc) is 2.12. The molecule has 0 bridgehead atoms. The summed E-state index contributed by atoms with van der Waals surface area (Å²) in [4.78, 5) is 0. The molecule has 1 nitrogen and oxygen atoms in total. The molecule has 10 heavy (non-hydrogen) atoms. The van der Waals surface area contributed by atoms with Crippen molar-refractivity contribution < 1.29 is 31.3 Å². The Hall–Kier alpha value is 0.323. The van der Waals surface area contributed by atoms with E-state index in [1.54, 1.807) is 6.92 Å². The minimum Gasteiger partial charge on any atom is -0.389 e. The Labute approximate surface area is 82.0 Å². The van der Waals surface area contributed by atoms with Crippen LogP contribution in [0.3, 0.4) is 0 Å². The molecule has 0 radical (unpaired) electrons. The van der Waals surface area contributed by atoms with Gasteiger partial charge in [0.2, 0.25) is 0 Å². The minimum atomic E-state index is -0.259. The predicted molar refractivity (Wildman–Crippen MR) is 40.3 cm³/mol. The SMILES string of the molecule is C.CC(O)C1=CC=CC1.[Zr]. The summed E-state index contributed by atoms with van der Waals surface area (Å²) in [7, 11) is 0. The molecule has 0 fully saturated rings. The monoisotopic (exact) mass is 216 g/mol. The molecule has 0 heterocycles. The van der Waals surface area contributed by atoms with Gasteiger partial charge in [-0.1, -0.05) is 25.7 Å². The van der Waals surface area contributed by atoms with Crippen LogP contribution in [0.2, 0.25) is 0 Å².